The average Bonchev–Trinajstić information content (AvgIpc) is 0.851. The average molecular weight is 1550 g/mol. The monoisotopic (exact) mass is 1550 g/mol. The molecule has 0 aliphatic carbocycles. The minimum absolute atomic E-state index is 0.0919. The van der Waals surface area contributed by atoms with Crippen LogP contribution < -0.4 is 81.0 Å². The first kappa shape index (κ1) is 97.5. The van der Waals surface area contributed by atoms with E-state index in [1.807, 2.05) is 0 Å². The van der Waals surface area contributed by atoms with E-state index in [0.717, 1.165) is 13.8 Å². The second kappa shape index (κ2) is 49.4. The number of aliphatic carboxylic acids is 6. The van der Waals surface area contributed by atoms with E-state index < -0.39 is 292 Å². The maximum Gasteiger partial charge on any atom is 0.326 e. The van der Waals surface area contributed by atoms with Crippen molar-refractivity contribution in [2.75, 3.05) is 6.61 Å². The van der Waals surface area contributed by atoms with Crippen molar-refractivity contribution in [1.82, 2.24) is 63.8 Å². The summed E-state index contributed by atoms with van der Waals surface area (Å²) >= 11 is 0. The molecule has 15 unspecified atom stereocenters. The second-order valence-corrected chi connectivity index (χ2v) is 26.4. The summed E-state index contributed by atoms with van der Waals surface area (Å²) < 4.78 is 0. The van der Waals surface area contributed by atoms with E-state index in [-0.39, 0.29) is 19.3 Å². The highest BCUT2D eigenvalue weighted by atomic mass is 16.4. The van der Waals surface area contributed by atoms with Gasteiger partial charge in [-0.25, -0.2) is 4.79 Å². The van der Waals surface area contributed by atoms with Gasteiger partial charge in [-0.05, 0) is 61.8 Å². The summed E-state index contributed by atoms with van der Waals surface area (Å²) in [6, 6.07) is -14.9. The van der Waals surface area contributed by atoms with E-state index in [2.05, 4.69) is 63.8 Å². The van der Waals surface area contributed by atoms with E-state index in [4.69, 9.17) is 32.2 Å². The van der Waals surface area contributed by atoms with Crippen molar-refractivity contribution in [3.8, 4) is 0 Å². The molecule has 0 fully saturated rings. The van der Waals surface area contributed by atoms with E-state index >= 15 is 0 Å². The largest absolute Gasteiger partial charge is 0.481 e. The van der Waals surface area contributed by atoms with Crippen LogP contribution in [0.2, 0.25) is 0 Å². The third-order valence-corrected chi connectivity index (χ3v) is 16.3. The number of carboxylic acid groups (broad SMARTS) is 6. The number of hydrogen-bond donors (Lipinski definition) is 22. The summed E-state index contributed by atoms with van der Waals surface area (Å²) in [5.74, 6) is -27.3. The zero-order valence-electron chi connectivity index (χ0n) is 62.1. The Morgan fingerprint density at radius 2 is 0.725 bits per heavy atom. The van der Waals surface area contributed by atoms with Crippen LogP contribution in [0.25, 0.3) is 0 Å². The molecule has 109 heavy (non-hydrogen) atoms. The Labute approximate surface area is 626 Å². The van der Waals surface area contributed by atoms with Crippen molar-refractivity contribution in [3.63, 3.8) is 0 Å². The van der Waals surface area contributed by atoms with E-state index in [1.54, 1.807) is 52.8 Å². The molecular weight excluding hydrogens is 1450 g/mol. The first-order valence-corrected chi connectivity index (χ1v) is 34.6. The highest BCUT2D eigenvalue weighted by Gasteiger charge is 2.40. The van der Waals surface area contributed by atoms with Crippen molar-refractivity contribution in [2.24, 2.45) is 40.9 Å². The molecule has 610 valence electrons. The fraction of sp³-hybridized carbons (Fsp3) is 0.612. The molecule has 0 radical (unpaired) electrons. The smallest absolute Gasteiger partial charge is 0.326 e. The molecule has 0 aliphatic rings. The lowest BCUT2D eigenvalue weighted by molar-refractivity contribution is -0.144. The summed E-state index contributed by atoms with van der Waals surface area (Å²) in [4.78, 5) is 259. The molecule has 0 bridgehead atoms. The van der Waals surface area contributed by atoms with Crippen molar-refractivity contribution in [3.05, 3.63) is 35.9 Å². The van der Waals surface area contributed by atoms with Gasteiger partial charge in [-0.2, -0.15) is 0 Å². The summed E-state index contributed by atoms with van der Waals surface area (Å²) in [6.07, 6.45) is -7.28. The van der Waals surface area contributed by atoms with Crippen LogP contribution in [-0.4, -0.2) is 239 Å². The van der Waals surface area contributed by atoms with Crippen LogP contribution in [0, 0.1) is 23.7 Å². The standard InChI is InChI=1S/C65H101N15O25.C2H4O2/c1-10-31(7)51(80-61(100)39(23-29(3)4)73-59(98)41(26-45(68)83)75-56(95)37(18-21-46(84)85)70-53(92)33(9)69-54(93)35(66)25-48(88)89)63(102)76-42(27-49(90)91)60(99)77-43(28-81)62(101)74-40(24-34-15-13-12-14-16-34)58(97)72-36(17-20-44(67)82)55(94)71-38(19-22-47(86)87)57(96)79-52(32(8)11-2)64(103)78-50(30(5)6)65(104)105;1-2(3)4/h12-16,29-33,35-43,50-52,81H,10-11,17-28,66H2,1-9H3,(H2,67,82)(H2,68,83)(H,69,93)(H,70,92)(H,71,94)(H,72,97)(H,73,98)(H,74,101)(H,75,95)(H,76,102)(H,77,99)(H,78,103)(H,79,96)(H,80,100)(H,84,85)(H,86,87)(H,88,89)(H,90,91)(H,104,105);1H3,(H,3,4). The Bertz CT molecular complexity index is 3370. The van der Waals surface area contributed by atoms with Crippen LogP contribution in [-0.2, 0) is 102 Å². The van der Waals surface area contributed by atoms with Gasteiger partial charge in [0.15, 0.2) is 0 Å². The van der Waals surface area contributed by atoms with E-state index in [0.29, 0.717) is 5.56 Å². The predicted molar refractivity (Wildman–Crippen MR) is 379 cm³/mol. The number of primary amides is 2. The first-order chi connectivity index (χ1) is 50.7. The maximum atomic E-state index is 14.4. The number of rotatable bonds is 50. The lowest BCUT2D eigenvalue weighted by Gasteiger charge is -2.30. The fourth-order valence-electron chi connectivity index (χ4n) is 9.91. The SMILES string of the molecule is CC(=O)O.CCC(C)C(NC(=O)C(CC(C)C)NC(=O)C(CC(N)=O)NC(=O)C(CCC(=O)O)NC(=O)C(C)NC(=O)C(N)CC(=O)O)C(=O)NC(CC(=O)O)C(=O)NC(CO)C(=O)NC(Cc1ccccc1)C(=O)NC(CCC(N)=O)C(=O)NC(CCC(=O)O)C(=O)NC(C(=O)NC(C(=O)O)C(C)C)C(C)CC. The number of aliphatic hydroxyl groups excluding tert-OH is 1. The molecule has 0 aromatic heterocycles. The van der Waals surface area contributed by atoms with Gasteiger partial charge in [0, 0.05) is 32.6 Å². The van der Waals surface area contributed by atoms with Crippen LogP contribution in [0.3, 0.4) is 0 Å². The molecule has 0 spiro atoms. The number of carbonyl (C=O) groups is 20. The van der Waals surface area contributed by atoms with Crippen molar-refractivity contribution < 1.29 is 132 Å². The van der Waals surface area contributed by atoms with Gasteiger partial charge >= 0.3 is 29.8 Å². The van der Waals surface area contributed by atoms with Crippen molar-refractivity contribution in [1.29, 1.82) is 0 Å². The minimum atomic E-state index is -2.13. The Morgan fingerprint density at radius 3 is 1.13 bits per heavy atom. The molecule has 15 atom stereocenters. The number of carbonyl (C=O) groups excluding carboxylic acids is 14. The summed E-state index contributed by atoms with van der Waals surface area (Å²) in [6.45, 7) is 13.4. The molecule has 14 amide bonds. The van der Waals surface area contributed by atoms with Crippen molar-refractivity contribution >= 4 is 119 Å². The van der Waals surface area contributed by atoms with Gasteiger partial charge in [0.05, 0.1) is 31.9 Å². The zero-order valence-corrected chi connectivity index (χ0v) is 62.1. The zero-order chi connectivity index (χ0) is 83.9. The molecule has 42 nitrogen and oxygen atoms in total. The highest BCUT2D eigenvalue weighted by Crippen LogP contribution is 2.16. The van der Waals surface area contributed by atoms with Gasteiger partial charge in [0.25, 0.3) is 5.97 Å². The number of hydrogen-bond acceptors (Lipinski definition) is 22. The Kier molecular flexibility index (Phi) is 44.2. The molecule has 25 N–H and O–H groups in total. The predicted octanol–water partition coefficient (Wildman–Crippen LogP) is -5.82. The highest BCUT2D eigenvalue weighted by molar-refractivity contribution is 6.01. The molecule has 0 aliphatic heterocycles. The molecule has 0 heterocycles. The van der Waals surface area contributed by atoms with Gasteiger partial charge in [0.1, 0.15) is 72.5 Å². The molecule has 0 saturated carbocycles. The minimum Gasteiger partial charge on any atom is -0.481 e. The molecule has 1 rings (SSSR count). The van der Waals surface area contributed by atoms with Crippen LogP contribution >= 0.6 is 0 Å². The summed E-state index contributed by atoms with van der Waals surface area (Å²) in [5.41, 5.74) is 16.7. The van der Waals surface area contributed by atoms with Gasteiger partial charge < -0.3 is 117 Å². The van der Waals surface area contributed by atoms with Gasteiger partial charge in [-0.15, -0.1) is 0 Å². The lowest BCUT2D eigenvalue weighted by atomic mass is 9.96. The molecule has 1 aromatic carbocycles. The topological polar surface area (TPSA) is 705 Å². The first-order valence-electron chi connectivity index (χ1n) is 34.6. The lowest BCUT2D eigenvalue weighted by Crippen LogP contribution is -2.62. The van der Waals surface area contributed by atoms with Crippen molar-refractivity contribution in [2.45, 2.75) is 231 Å². The van der Waals surface area contributed by atoms with Crippen LogP contribution in [0.4, 0.5) is 0 Å². The van der Waals surface area contributed by atoms with E-state index in [9.17, 15) is 117 Å². The van der Waals surface area contributed by atoms with Gasteiger partial charge in [-0.1, -0.05) is 98.6 Å². The quantitative estimate of drug-likeness (QED) is 0.0289. The maximum absolute atomic E-state index is 14.4. The second-order valence-electron chi connectivity index (χ2n) is 26.4. The third kappa shape index (κ3) is 38.6. The number of aliphatic hydroxyl groups is 1. The van der Waals surface area contributed by atoms with Gasteiger partial charge in [-0.3, -0.25) is 91.1 Å². The number of carboxylic acids is 6. The number of nitrogens with two attached hydrogens (primary N) is 3. The Balaban J connectivity index is 0.0000284. The molecule has 42 heteroatoms. The van der Waals surface area contributed by atoms with Gasteiger partial charge in [0.2, 0.25) is 82.7 Å². The Morgan fingerprint density at radius 1 is 0.376 bits per heavy atom. The van der Waals surface area contributed by atoms with E-state index in [1.165, 1.54) is 32.9 Å². The number of nitrogens with one attached hydrogen (secondary N) is 12. The van der Waals surface area contributed by atoms with Crippen LogP contribution in [0.5, 0.6) is 0 Å². The summed E-state index contributed by atoms with van der Waals surface area (Å²) in [7, 11) is 0. The fourth-order valence-corrected chi connectivity index (χ4v) is 9.91. The molecule has 1 aromatic rings. The normalized spacial score (nSPS) is 15.0. The van der Waals surface area contributed by atoms with Crippen LogP contribution in [0.15, 0.2) is 30.3 Å². The third-order valence-electron chi connectivity index (χ3n) is 16.3. The number of benzene rings is 1. The molecule has 0 saturated heterocycles. The van der Waals surface area contributed by atoms with Crippen LogP contribution in [0.1, 0.15) is 152 Å². The summed E-state index contributed by atoms with van der Waals surface area (Å²) in [5, 5.41) is 93.2. The Hall–Kier alpha value is -11.5. The molecular formula is C67H105N15O27. The number of amides is 14.